The van der Waals surface area contributed by atoms with E-state index in [-0.39, 0.29) is 11.5 Å². The summed E-state index contributed by atoms with van der Waals surface area (Å²) in [6, 6.07) is 8.31. The molecular formula is C16H14N2O2. The van der Waals surface area contributed by atoms with Gasteiger partial charge in [0.05, 0.1) is 22.9 Å². The second kappa shape index (κ2) is 4.49. The lowest BCUT2D eigenvalue weighted by Crippen LogP contribution is -1.91. The Labute approximate surface area is 116 Å². The van der Waals surface area contributed by atoms with Crippen molar-refractivity contribution in [1.82, 2.24) is 9.97 Å². The smallest absolute Gasteiger partial charge is 0.125 e. The normalized spacial score (nSPS) is 10.9. The molecule has 0 amide bonds. The first-order valence-electron chi connectivity index (χ1n) is 6.31. The molecule has 0 unspecified atom stereocenters. The van der Waals surface area contributed by atoms with E-state index in [0.717, 1.165) is 16.6 Å². The Hall–Kier alpha value is -2.62. The number of rotatable bonds is 1. The predicted octanol–water partition coefficient (Wildman–Crippen LogP) is 3.32. The highest BCUT2D eigenvalue weighted by atomic mass is 16.3. The van der Waals surface area contributed by atoms with Gasteiger partial charge in [-0.25, -0.2) is 4.98 Å². The molecule has 0 spiro atoms. The molecular weight excluding hydrogens is 252 g/mol. The third kappa shape index (κ3) is 2.05. The molecule has 0 radical (unpaired) electrons. The Morgan fingerprint density at radius 2 is 1.60 bits per heavy atom. The number of aromatic nitrogens is 2. The van der Waals surface area contributed by atoms with Gasteiger partial charge in [-0.15, -0.1) is 0 Å². The van der Waals surface area contributed by atoms with E-state index in [9.17, 15) is 10.2 Å². The van der Waals surface area contributed by atoms with Crippen molar-refractivity contribution in [1.29, 1.82) is 0 Å². The van der Waals surface area contributed by atoms with Crippen molar-refractivity contribution in [3.8, 4) is 22.8 Å². The lowest BCUT2D eigenvalue weighted by atomic mass is 10.1. The third-order valence-corrected chi connectivity index (χ3v) is 3.41. The van der Waals surface area contributed by atoms with Gasteiger partial charge in [-0.3, -0.25) is 4.98 Å². The van der Waals surface area contributed by atoms with Crippen LogP contribution in [0.2, 0.25) is 0 Å². The van der Waals surface area contributed by atoms with Gasteiger partial charge in [0.15, 0.2) is 0 Å². The van der Waals surface area contributed by atoms with Crippen LogP contribution in [0, 0.1) is 13.8 Å². The van der Waals surface area contributed by atoms with Crippen molar-refractivity contribution in [2.24, 2.45) is 0 Å². The van der Waals surface area contributed by atoms with Gasteiger partial charge in [0.1, 0.15) is 11.5 Å². The van der Waals surface area contributed by atoms with Gasteiger partial charge in [-0.1, -0.05) is 0 Å². The van der Waals surface area contributed by atoms with Crippen molar-refractivity contribution in [2.75, 3.05) is 0 Å². The molecule has 0 atom stereocenters. The number of aromatic hydroxyl groups is 2. The summed E-state index contributed by atoms with van der Waals surface area (Å²) < 4.78 is 0. The first-order chi connectivity index (χ1) is 9.54. The van der Waals surface area contributed by atoms with Crippen LogP contribution in [0.1, 0.15) is 11.1 Å². The fourth-order valence-electron chi connectivity index (χ4n) is 2.13. The van der Waals surface area contributed by atoms with Gasteiger partial charge < -0.3 is 10.2 Å². The van der Waals surface area contributed by atoms with Crippen LogP contribution in [0.4, 0.5) is 0 Å². The van der Waals surface area contributed by atoms with Gasteiger partial charge >= 0.3 is 0 Å². The van der Waals surface area contributed by atoms with E-state index in [2.05, 4.69) is 9.97 Å². The maximum absolute atomic E-state index is 9.88. The molecule has 1 aromatic heterocycles. The molecule has 20 heavy (non-hydrogen) atoms. The van der Waals surface area contributed by atoms with Crippen molar-refractivity contribution in [3.63, 3.8) is 0 Å². The molecule has 100 valence electrons. The molecule has 3 rings (SSSR count). The van der Waals surface area contributed by atoms with Crippen LogP contribution >= 0.6 is 0 Å². The summed E-state index contributed by atoms with van der Waals surface area (Å²) in [5.41, 5.74) is 4.90. The number of nitrogens with zero attached hydrogens (tertiary/aromatic N) is 2. The van der Waals surface area contributed by atoms with E-state index >= 15 is 0 Å². The minimum absolute atomic E-state index is 0.0697. The van der Waals surface area contributed by atoms with Gasteiger partial charge in [0.25, 0.3) is 0 Å². The fourth-order valence-corrected chi connectivity index (χ4v) is 2.13. The van der Waals surface area contributed by atoms with Gasteiger partial charge in [-0.2, -0.15) is 0 Å². The molecule has 3 aromatic rings. The van der Waals surface area contributed by atoms with Crippen molar-refractivity contribution >= 4 is 11.0 Å². The Morgan fingerprint density at radius 3 is 2.35 bits per heavy atom. The molecule has 1 heterocycles. The van der Waals surface area contributed by atoms with Crippen molar-refractivity contribution < 1.29 is 10.2 Å². The Kier molecular flexibility index (Phi) is 2.79. The van der Waals surface area contributed by atoms with Gasteiger partial charge in [0, 0.05) is 5.56 Å². The van der Waals surface area contributed by atoms with Crippen LogP contribution < -0.4 is 0 Å². The number of hydrogen-bond acceptors (Lipinski definition) is 4. The van der Waals surface area contributed by atoms with Crippen LogP contribution in [0.5, 0.6) is 11.5 Å². The topological polar surface area (TPSA) is 66.2 Å². The van der Waals surface area contributed by atoms with E-state index in [0.29, 0.717) is 11.3 Å². The van der Waals surface area contributed by atoms with Gasteiger partial charge in [0.2, 0.25) is 0 Å². The van der Waals surface area contributed by atoms with E-state index in [1.807, 2.05) is 26.0 Å². The van der Waals surface area contributed by atoms with E-state index in [1.54, 1.807) is 6.20 Å². The standard InChI is InChI=1S/C16H14N2O2/c1-9-5-13-14(6-10(9)2)18-15(8-17-13)12-7-11(19)3-4-16(12)20/h3-8,19-20H,1-2H3. The quantitative estimate of drug-likeness (QED) is 0.663. The molecule has 0 aliphatic rings. The second-order valence-corrected chi connectivity index (χ2v) is 4.88. The minimum atomic E-state index is 0.0697. The van der Waals surface area contributed by atoms with Crippen molar-refractivity contribution in [2.45, 2.75) is 13.8 Å². The Balaban J connectivity index is 2.22. The summed E-state index contributed by atoms with van der Waals surface area (Å²) in [6.45, 7) is 4.06. The Morgan fingerprint density at radius 1 is 0.900 bits per heavy atom. The number of hydrogen-bond donors (Lipinski definition) is 2. The molecule has 0 aliphatic heterocycles. The molecule has 0 aliphatic carbocycles. The molecule has 0 fully saturated rings. The second-order valence-electron chi connectivity index (χ2n) is 4.88. The summed E-state index contributed by atoms with van der Waals surface area (Å²) in [5, 5.41) is 19.4. The average molecular weight is 266 g/mol. The molecule has 2 aromatic carbocycles. The largest absolute Gasteiger partial charge is 0.508 e. The Bertz CT molecular complexity index is 813. The summed E-state index contributed by atoms with van der Waals surface area (Å²) in [5.74, 6) is 0.153. The number of phenols is 2. The van der Waals surface area contributed by atoms with Crippen molar-refractivity contribution in [3.05, 3.63) is 47.7 Å². The zero-order valence-corrected chi connectivity index (χ0v) is 11.3. The average Bonchev–Trinajstić information content (AvgIpc) is 2.42. The highest BCUT2D eigenvalue weighted by Gasteiger charge is 2.09. The summed E-state index contributed by atoms with van der Waals surface area (Å²) >= 11 is 0. The van der Waals surface area contributed by atoms with E-state index in [1.165, 1.54) is 23.8 Å². The molecule has 0 bridgehead atoms. The summed E-state index contributed by atoms with van der Waals surface area (Å²) in [4.78, 5) is 8.89. The zero-order valence-electron chi connectivity index (χ0n) is 11.3. The van der Waals surface area contributed by atoms with Crippen LogP contribution in [0.25, 0.3) is 22.3 Å². The van der Waals surface area contributed by atoms with Crippen LogP contribution in [0.3, 0.4) is 0 Å². The number of fused-ring (bicyclic) bond motifs is 1. The maximum atomic E-state index is 9.88. The van der Waals surface area contributed by atoms with Crippen LogP contribution in [-0.4, -0.2) is 20.2 Å². The monoisotopic (exact) mass is 266 g/mol. The van der Waals surface area contributed by atoms with E-state index < -0.39 is 0 Å². The van der Waals surface area contributed by atoms with E-state index in [4.69, 9.17) is 0 Å². The lowest BCUT2D eigenvalue weighted by molar-refractivity contribution is 0.461. The molecule has 2 N–H and O–H groups in total. The third-order valence-electron chi connectivity index (χ3n) is 3.41. The fraction of sp³-hybridized carbons (Fsp3) is 0.125. The first-order valence-corrected chi connectivity index (χ1v) is 6.31. The lowest BCUT2D eigenvalue weighted by Gasteiger charge is -2.07. The molecule has 0 saturated heterocycles. The minimum Gasteiger partial charge on any atom is -0.508 e. The number of phenolic OH excluding ortho intramolecular Hbond substituents is 2. The summed E-state index contributed by atoms with van der Waals surface area (Å²) in [7, 11) is 0. The number of aryl methyl sites for hydroxylation is 2. The molecule has 4 heteroatoms. The maximum Gasteiger partial charge on any atom is 0.125 e. The SMILES string of the molecule is Cc1cc2ncc(-c3cc(O)ccc3O)nc2cc1C. The van der Waals surface area contributed by atoms with Gasteiger partial charge in [-0.05, 0) is 55.3 Å². The predicted molar refractivity (Wildman–Crippen MR) is 77.8 cm³/mol. The van der Waals surface area contributed by atoms with Crippen LogP contribution in [-0.2, 0) is 0 Å². The summed E-state index contributed by atoms with van der Waals surface area (Å²) in [6.07, 6.45) is 1.60. The molecule has 0 saturated carbocycles. The highest BCUT2D eigenvalue weighted by molar-refractivity contribution is 5.80. The highest BCUT2D eigenvalue weighted by Crippen LogP contribution is 2.31. The number of benzene rings is 2. The first kappa shape index (κ1) is 12.4. The zero-order chi connectivity index (χ0) is 14.3. The molecule has 4 nitrogen and oxygen atoms in total. The van der Waals surface area contributed by atoms with Crippen LogP contribution in [0.15, 0.2) is 36.5 Å².